The Balaban J connectivity index is 1.45. The molecule has 0 N–H and O–H groups in total. The summed E-state index contributed by atoms with van der Waals surface area (Å²) < 4.78 is 11.9. The van der Waals surface area contributed by atoms with E-state index in [0.29, 0.717) is 0 Å². The van der Waals surface area contributed by atoms with E-state index >= 15 is 0 Å². The smallest absolute Gasteiger partial charge is 0.185 e. The monoisotopic (exact) mass is 518 g/mol. The molecular weight excluding hydrogens is 480 g/mol. The van der Waals surface area contributed by atoms with Crippen LogP contribution in [0, 0.1) is 0 Å². The molecule has 1 aliphatic rings. The molecule has 0 bridgehead atoms. The Hall–Kier alpha value is -3.85. The Morgan fingerprint density at radius 2 is 1.15 bits per heavy atom. The van der Waals surface area contributed by atoms with Crippen LogP contribution in [0.15, 0.2) is 83.9 Å². The standard InChI is InChI=1S/C36H38O3/c1-3-5-20-38-32-18-16-26-10-7-12-28(34(26)24-32)22-30-14-9-15-31(36(30)37)23-29-13-8-11-27-17-19-33(25-35(27)29)39-21-6-4-2/h7-8,10-13,16-19,22-25H,3-6,9,14-15,20-21H2,1-2H3/b30-22+,31-23+. The first kappa shape index (κ1) is 26.7. The summed E-state index contributed by atoms with van der Waals surface area (Å²) in [7, 11) is 0. The Kier molecular flexibility index (Phi) is 8.78. The van der Waals surface area contributed by atoms with Gasteiger partial charge in [-0.2, -0.15) is 0 Å². The van der Waals surface area contributed by atoms with Gasteiger partial charge in [-0.05, 0) is 101 Å². The minimum Gasteiger partial charge on any atom is -0.494 e. The maximum atomic E-state index is 13.7. The van der Waals surface area contributed by atoms with Crippen molar-refractivity contribution in [1.82, 2.24) is 0 Å². The fraction of sp³-hybridized carbons (Fsp3) is 0.306. The predicted molar refractivity (Wildman–Crippen MR) is 164 cm³/mol. The van der Waals surface area contributed by atoms with E-state index < -0.39 is 0 Å². The molecule has 5 rings (SSSR count). The zero-order chi connectivity index (χ0) is 27.0. The first-order chi connectivity index (χ1) is 19.2. The average Bonchev–Trinajstić information content (AvgIpc) is 2.96. The van der Waals surface area contributed by atoms with Gasteiger partial charge in [-0.25, -0.2) is 0 Å². The van der Waals surface area contributed by atoms with Crippen LogP contribution in [0.2, 0.25) is 0 Å². The largest absolute Gasteiger partial charge is 0.494 e. The number of unbranched alkanes of at least 4 members (excludes halogenated alkanes) is 2. The second kappa shape index (κ2) is 12.8. The molecule has 0 radical (unpaired) electrons. The Morgan fingerprint density at radius 1 is 0.667 bits per heavy atom. The molecule has 200 valence electrons. The summed E-state index contributed by atoms with van der Waals surface area (Å²) in [5.74, 6) is 1.92. The molecule has 4 aromatic rings. The third-order valence-corrected chi connectivity index (χ3v) is 7.44. The molecule has 0 aromatic heterocycles. The molecule has 1 saturated carbocycles. The van der Waals surface area contributed by atoms with Gasteiger partial charge in [0.25, 0.3) is 0 Å². The van der Waals surface area contributed by atoms with Crippen LogP contribution >= 0.6 is 0 Å². The fourth-order valence-electron chi connectivity index (χ4n) is 5.21. The molecule has 0 spiro atoms. The van der Waals surface area contributed by atoms with Gasteiger partial charge in [0.2, 0.25) is 0 Å². The molecular formula is C36H38O3. The molecule has 0 aliphatic heterocycles. The second-order valence-electron chi connectivity index (χ2n) is 10.4. The summed E-state index contributed by atoms with van der Waals surface area (Å²) >= 11 is 0. The molecule has 3 heteroatoms. The summed E-state index contributed by atoms with van der Waals surface area (Å²) in [6.07, 6.45) is 11.0. The van der Waals surface area contributed by atoms with Gasteiger partial charge in [-0.1, -0.05) is 75.2 Å². The van der Waals surface area contributed by atoms with Crippen LogP contribution in [0.3, 0.4) is 0 Å². The molecule has 0 unspecified atom stereocenters. The number of ketones is 1. The van der Waals surface area contributed by atoms with Crippen molar-refractivity contribution in [3.8, 4) is 11.5 Å². The lowest BCUT2D eigenvalue weighted by Crippen LogP contribution is -2.12. The van der Waals surface area contributed by atoms with Crippen molar-refractivity contribution in [1.29, 1.82) is 0 Å². The average molecular weight is 519 g/mol. The molecule has 0 saturated heterocycles. The molecule has 0 atom stereocenters. The number of ether oxygens (including phenoxy) is 2. The zero-order valence-electron chi connectivity index (χ0n) is 23.2. The first-order valence-electron chi connectivity index (χ1n) is 14.4. The lowest BCUT2D eigenvalue weighted by molar-refractivity contribution is -0.112. The highest BCUT2D eigenvalue weighted by atomic mass is 16.5. The number of hydrogen-bond acceptors (Lipinski definition) is 3. The summed E-state index contributed by atoms with van der Waals surface area (Å²) in [4.78, 5) is 13.7. The van der Waals surface area contributed by atoms with Crippen LogP contribution in [-0.2, 0) is 4.79 Å². The van der Waals surface area contributed by atoms with E-state index in [9.17, 15) is 4.79 Å². The maximum Gasteiger partial charge on any atom is 0.185 e. The highest BCUT2D eigenvalue weighted by Crippen LogP contribution is 2.33. The van der Waals surface area contributed by atoms with Crippen LogP contribution in [0.4, 0.5) is 0 Å². The van der Waals surface area contributed by atoms with E-state index in [0.717, 1.165) is 113 Å². The lowest BCUT2D eigenvalue weighted by Gasteiger charge is -2.17. The van der Waals surface area contributed by atoms with Gasteiger partial charge in [0.05, 0.1) is 13.2 Å². The van der Waals surface area contributed by atoms with Gasteiger partial charge in [-0.3, -0.25) is 4.79 Å². The third kappa shape index (κ3) is 6.42. The highest BCUT2D eigenvalue weighted by Gasteiger charge is 2.21. The maximum absolute atomic E-state index is 13.7. The second-order valence-corrected chi connectivity index (χ2v) is 10.4. The van der Waals surface area contributed by atoms with Crippen LogP contribution in [0.5, 0.6) is 11.5 Å². The Morgan fingerprint density at radius 3 is 1.62 bits per heavy atom. The van der Waals surface area contributed by atoms with Crippen molar-refractivity contribution in [2.45, 2.75) is 58.8 Å². The molecule has 0 heterocycles. The number of carbonyl (C=O) groups excluding carboxylic acids is 1. The van der Waals surface area contributed by atoms with E-state index in [1.165, 1.54) is 0 Å². The van der Waals surface area contributed by atoms with Crippen molar-refractivity contribution in [2.75, 3.05) is 13.2 Å². The number of fused-ring (bicyclic) bond motifs is 2. The lowest BCUT2D eigenvalue weighted by atomic mass is 9.86. The van der Waals surface area contributed by atoms with Crippen LogP contribution in [-0.4, -0.2) is 19.0 Å². The van der Waals surface area contributed by atoms with Crippen LogP contribution < -0.4 is 9.47 Å². The molecule has 39 heavy (non-hydrogen) atoms. The topological polar surface area (TPSA) is 35.5 Å². The quantitative estimate of drug-likeness (QED) is 0.155. The summed E-state index contributed by atoms with van der Waals surface area (Å²) in [6, 6.07) is 25.0. The van der Waals surface area contributed by atoms with E-state index in [4.69, 9.17) is 9.47 Å². The number of Topliss-reactive ketones (excluding diaryl/α,β-unsaturated/α-hetero) is 1. The zero-order valence-corrected chi connectivity index (χ0v) is 23.2. The van der Waals surface area contributed by atoms with E-state index in [2.05, 4.69) is 86.7 Å². The van der Waals surface area contributed by atoms with Gasteiger partial charge in [-0.15, -0.1) is 0 Å². The highest BCUT2D eigenvalue weighted by molar-refractivity contribution is 6.15. The predicted octanol–water partition coefficient (Wildman–Crippen LogP) is 9.57. The molecule has 4 aromatic carbocycles. The molecule has 1 fully saturated rings. The minimum absolute atomic E-state index is 0.154. The van der Waals surface area contributed by atoms with Crippen LogP contribution in [0.1, 0.15) is 69.9 Å². The number of benzene rings is 4. The van der Waals surface area contributed by atoms with E-state index in [1.54, 1.807) is 0 Å². The number of rotatable bonds is 10. The molecule has 3 nitrogen and oxygen atoms in total. The van der Waals surface area contributed by atoms with Crippen LogP contribution in [0.25, 0.3) is 33.7 Å². The first-order valence-corrected chi connectivity index (χ1v) is 14.4. The number of hydrogen-bond donors (Lipinski definition) is 0. The number of allylic oxidation sites excluding steroid dienone is 2. The van der Waals surface area contributed by atoms with Gasteiger partial charge in [0, 0.05) is 11.1 Å². The van der Waals surface area contributed by atoms with E-state index in [1.807, 2.05) is 12.1 Å². The SMILES string of the molecule is CCCCOc1ccc2cccc(/C=C3\CCC/C(=C\c4cccc5ccc(OCCCC)cc45)C3=O)c2c1. The third-order valence-electron chi connectivity index (χ3n) is 7.44. The van der Waals surface area contributed by atoms with Gasteiger partial charge in [0.15, 0.2) is 5.78 Å². The van der Waals surface area contributed by atoms with Gasteiger partial charge >= 0.3 is 0 Å². The van der Waals surface area contributed by atoms with Crippen molar-refractivity contribution in [3.05, 3.63) is 95.1 Å². The van der Waals surface area contributed by atoms with Gasteiger partial charge in [0.1, 0.15) is 11.5 Å². The van der Waals surface area contributed by atoms with Crippen molar-refractivity contribution < 1.29 is 14.3 Å². The minimum atomic E-state index is 0.154. The number of carbonyl (C=O) groups is 1. The summed E-state index contributed by atoms with van der Waals surface area (Å²) in [6.45, 7) is 5.77. The summed E-state index contributed by atoms with van der Waals surface area (Å²) in [5.41, 5.74) is 3.89. The molecule has 0 amide bonds. The Bertz CT molecular complexity index is 1410. The van der Waals surface area contributed by atoms with Gasteiger partial charge < -0.3 is 9.47 Å². The van der Waals surface area contributed by atoms with Crippen molar-refractivity contribution in [3.63, 3.8) is 0 Å². The van der Waals surface area contributed by atoms with E-state index in [-0.39, 0.29) is 5.78 Å². The molecule has 1 aliphatic carbocycles. The summed E-state index contributed by atoms with van der Waals surface area (Å²) in [5, 5.41) is 4.54. The van der Waals surface area contributed by atoms with Crippen molar-refractivity contribution >= 4 is 39.5 Å². The van der Waals surface area contributed by atoms with Crippen molar-refractivity contribution in [2.24, 2.45) is 0 Å². The Labute approximate surface area is 232 Å². The fourth-order valence-corrected chi connectivity index (χ4v) is 5.21. The normalized spacial score (nSPS) is 15.9.